The van der Waals surface area contributed by atoms with E-state index < -0.39 is 10.4 Å². The van der Waals surface area contributed by atoms with Gasteiger partial charge in [0.2, 0.25) is 0 Å². The molecule has 0 aliphatic carbocycles. The molecule has 2 N–H and O–H groups in total. The second-order valence-corrected chi connectivity index (χ2v) is 1.34. The van der Waals surface area contributed by atoms with Crippen LogP contribution in [0, 0.1) is 0 Å². The fourth-order valence-electron chi connectivity index (χ4n) is 0. The zero-order valence-corrected chi connectivity index (χ0v) is 6.00. The molecular weight excluding hydrogens is 178 g/mol. The Hall–Kier alpha value is 1.71. The molecule has 0 atom stereocenters. The molecular formula is H6AlLiO4STi. The van der Waals surface area contributed by atoms with Crippen LogP contribution < -0.4 is 18.9 Å². The molecule has 0 aromatic carbocycles. The van der Waals surface area contributed by atoms with Crippen LogP contribution in [0.3, 0.4) is 0 Å². The van der Waals surface area contributed by atoms with Crippen LogP contribution >= 0.6 is 0 Å². The molecule has 0 aliphatic rings. The maximum atomic E-state index is 8.74. The van der Waals surface area contributed by atoms with Gasteiger partial charge in [0.1, 0.15) is 0 Å². The van der Waals surface area contributed by atoms with Gasteiger partial charge in [-0.3, -0.25) is 9.11 Å². The topological polar surface area (TPSA) is 74.6 Å². The molecule has 8 heavy (non-hydrogen) atoms. The van der Waals surface area contributed by atoms with Gasteiger partial charge in [0.25, 0.3) is 0 Å². The Morgan fingerprint density at radius 1 is 1.25 bits per heavy atom. The molecule has 0 aromatic heterocycles. The monoisotopic (exact) mass is 184 g/mol. The van der Waals surface area contributed by atoms with Gasteiger partial charge in [-0.1, -0.05) is 0 Å². The maximum absolute atomic E-state index is 8.74. The van der Waals surface area contributed by atoms with Gasteiger partial charge >= 0.3 is 29.3 Å². The van der Waals surface area contributed by atoms with Gasteiger partial charge in [-0.2, -0.15) is 8.42 Å². The van der Waals surface area contributed by atoms with Crippen molar-refractivity contribution in [2.24, 2.45) is 0 Å². The molecule has 0 bridgehead atoms. The zero-order valence-electron chi connectivity index (χ0n) is 4.62. The van der Waals surface area contributed by atoms with Crippen molar-refractivity contribution in [3.8, 4) is 0 Å². The van der Waals surface area contributed by atoms with Gasteiger partial charge < -0.3 is 1.43 Å². The van der Waals surface area contributed by atoms with Gasteiger partial charge in [-0.25, -0.2) is 0 Å². The molecule has 4 nitrogen and oxygen atoms in total. The zero-order chi connectivity index (χ0) is 4.50. The third kappa shape index (κ3) is 118. The normalized spacial score (nSPS) is 7.25. The van der Waals surface area contributed by atoms with Crippen LogP contribution in [0.4, 0.5) is 0 Å². The van der Waals surface area contributed by atoms with Crippen molar-refractivity contribution in [2.75, 3.05) is 0 Å². The molecule has 44 valence electrons. The fourth-order valence-corrected chi connectivity index (χ4v) is 0. The first-order valence-corrected chi connectivity index (χ1v) is 2.10. The summed E-state index contributed by atoms with van der Waals surface area (Å²) < 4.78 is 31.6. The quantitative estimate of drug-likeness (QED) is 0.293. The van der Waals surface area contributed by atoms with E-state index in [9.17, 15) is 0 Å². The van der Waals surface area contributed by atoms with Crippen LogP contribution in [0.1, 0.15) is 1.43 Å². The smallest absolute Gasteiger partial charge is 1.00 e. The molecule has 8 heteroatoms. The summed E-state index contributed by atoms with van der Waals surface area (Å²) in [4.78, 5) is 0. The summed E-state index contributed by atoms with van der Waals surface area (Å²) in [7, 11) is -4.67. The average molecular weight is 184 g/mol. The van der Waals surface area contributed by atoms with E-state index in [1.165, 1.54) is 0 Å². The summed E-state index contributed by atoms with van der Waals surface area (Å²) in [5, 5.41) is 0. The Bertz CT molecular complexity index is 104. The Labute approximate surface area is 86.7 Å². The molecule has 0 spiro atoms. The molecule has 0 saturated heterocycles. The first kappa shape index (κ1) is 22.6. The van der Waals surface area contributed by atoms with E-state index in [1.54, 1.807) is 0 Å². The Kier molecular flexibility index (Phi) is 24.6. The Morgan fingerprint density at radius 2 is 1.25 bits per heavy atom. The van der Waals surface area contributed by atoms with E-state index in [-0.39, 0.29) is 59.4 Å². The van der Waals surface area contributed by atoms with E-state index in [1.807, 2.05) is 0 Å². The van der Waals surface area contributed by atoms with Crippen LogP contribution in [-0.2, 0) is 32.1 Å². The van der Waals surface area contributed by atoms with E-state index in [4.69, 9.17) is 17.5 Å². The van der Waals surface area contributed by atoms with Crippen molar-refractivity contribution in [3.05, 3.63) is 0 Å². The molecule has 0 heterocycles. The largest absolute Gasteiger partial charge is 1.00 e. The molecule has 0 aromatic rings. The fraction of sp³-hybridized carbons (Fsp3) is 0. The number of hydrogen-bond donors (Lipinski definition) is 2. The van der Waals surface area contributed by atoms with Crippen LogP contribution in [0.5, 0.6) is 0 Å². The third-order valence-electron chi connectivity index (χ3n) is 0. The molecule has 0 aliphatic heterocycles. The Balaban J connectivity index is -0.0000000133. The average Bonchev–Trinajstić information content (AvgIpc) is 0.722. The van der Waals surface area contributed by atoms with Crippen LogP contribution in [0.15, 0.2) is 0 Å². The summed E-state index contributed by atoms with van der Waals surface area (Å²) in [5.41, 5.74) is 0. The molecule has 0 fully saturated rings. The minimum atomic E-state index is -4.67. The molecule has 0 radical (unpaired) electrons. The molecule has 0 amide bonds. The van der Waals surface area contributed by atoms with Crippen LogP contribution in [0.25, 0.3) is 0 Å². The van der Waals surface area contributed by atoms with E-state index >= 15 is 0 Å². The third-order valence-corrected chi connectivity index (χ3v) is 0. The summed E-state index contributed by atoms with van der Waals surface area (Å²) in [6.45, 7) is 0. The predicted molar refractivity (Wildman–Crippen MR) is 25.2 cm³/mol. The van der Waals surface area contributed by atoms with Crippen LogP contribution in [-0.4, -0.2) is 34.9 Å². The Morgan fingerprint density at radius 3 is 1.25 bits per heavy atom. The van der Waals surface area contributed by atoms with E-state index in [0.717, 1.165) is 0 Å². The van der Waals surface area contributed by atoms with E-state index in [0.29, 0.717) is 0 Å². The summed E-state index contributed by atoms with van der Waals surface area (Å²) in [5.74, 6) is 0. The molecule has 0 rings (SSSR count). The first-order valence-electron chi connectivity index (χ1n) is 0.698. The number of rotatable bonds is 0. The minimum absolute atomic E-state index is 0. The predicted octanol–water partition coefficient (Wildman–Crippen LogP) is -4.72. The van der Waals surface area contributed by atoms with Gasteiger partial charge in [0.15, 0.2) is 17.4 Å². The first-order chi connectivity index (χ1) is 2.00. The van der Waals surface area contributed by atoms with Gasteiger partial charge in [0.05, 0.1) is 0 Å². The summed E-state index contributed by atoms with van der Waals surface area (Å²) in [6.07, 6.45) is 0. The van der Waals surface area contributed by atoms with Crippen molar-refractivity contribution < 1.29 is 59.5 Å². The summed E-state index contributed by atoms with van der Waals surface area (Å²) >= 11 is 0. The maximum Gasteiger partial charge on any atom is 1.00 e. The van der Waals surface area contributed by atoms with Crippen molar-refractivity contribution in [1.82, 2.24) is 0 Å². The van der Waals surface area contributed by atoms with E-state index in [2.05, 4.69) is 0 Å². The standard InChI is InChI=1S/Al.Li.H2O4S.Ti.4H/c;;1-5(2,3)4;;;;;/h;;(H2,1,2,3,4);;;;;/q;+1;;;;;;-1. The van der Waals surface area contributed by atoms with Crippen molar-refractivity contribution in [2.45, 2.75) is 0 Å². The molecule has 0 saturated carbocycles. The second-order valence-electron chi connectivity index (χ2n) is 0.448. The second kappa shape index (κ2) is 8.71. The SMILES string of the molecule is O=S(=O)(O)O.[AlH3].[H-].[Li+].[Ti]. The van der Waals surface area contributed by atoms with Gasteiger partial charge in [0, 0.05) is 21.7 Å². The van der Waals surface area contributed by atoms with Crippen molar-refractivity contribution in [1.29, 1.82) is 0 Å². The van der Waals surface area contributed by atoms with Crippen molar-refractivity contribution in [3.63, 3.8) is 0 Å². The summed E-state index contributed by atoms with van der Waals surface area (Å²) in [6, 6.07) is 0. The van der Waals surface area contributed by atoms with Crippen LogP contribution in [0.2, 0.25) is 0 Å². The molecule has 0 unspecified atom stereocenters. The van der Waals surface area contributed by atoms with Crippen molar-refractivity contribution >= 4 is 27.8 Å². The minimum Gasteiger partial charge on any atom is -1.00 e. The number of hydrogen-bond acceptors (Lipinski definition) is 2. The van der Waals surface area contributed by atoms with Gasteiger partial charge in [-0.15, -0.1) is 0 Å². The van der Waals surface area contributed by atoms with Gasteiger partial charge in [-0.05, 0) is 0 Å².